The van der Waals surface area contributed by atoms with Crippen LogP contribution in [0.15, 0.2) is 53.8 Å². The smallest absolute Gasteiger partial charge is 0.189 e. The lowest BCUT2D eigenvalue weighted by atomic mass is 10.1. The predicted octanol–water partition coefficient (Wildman–Crippen LogP) is 3.10. The summed E-state index contributed by atoms with van der Waals surface area (Å²) in [5.74, 6) is 0.554. The minimum absolute atomic E-state index is 0.505. The molecule has 1 aliphatic rings. The van der Waals surface area contributed by atoms with Crippen molar-refractivity contribution in [2.24, 2.45) is 10.7 Å². The molecular weight excluding hydrogens is 272 g/mol. The first kappa shape index (κ1) is 14.6. The van der Waals surface area contributed by atoms with E-state index in [1.807, 2.05) is 18.3 Å². The number of hydrogen-bond acceptors (Lipinski definition) is 2. The molecule has 0 atom stereocenters. The summed E-state index contributed by atoms with van der Waals surface area (Å²) in [5, 5.41) is 3.31. The lowest BCUT2D eigenvalue weighted by Gasteiger charge is -2.12. The Kier molecular flexibility index (Phi) is 4.68. The standard InChI is InChI=1S/C18H22N4/c19-18(22-17-8-1-2-9-17)21-12-14-5-3-6-15(11-14)16-7-4-10-20-13-16/h3-7,10-11,13,17H,1-2,8-9,12H2,(H3,19,21,22). The number of guanidine groups is 1. The van der Waals surface area contributed by atoms with E-state index < -0.39 is 0 Å². The maximum Gasteiger partial charge on any atom is 0.189 e. The van der Waals surface area contributed by atoms with Crippen LogP contribution in [-0.4, -0.2) is 17.0 Å². The predicted molar refractivity (Wildman–Crippen MR) is 90.4 cm³/mol. The number of benzene rings is 1. The summed E-state index contributed by atoms with van der Waals surface area (Å²) < 4.78 is 0. The maximum atomic E-state index is 5.98. The van der Waals surface area contributed by atoms with E-state index in [0.717, 1.165) is 16.7 Å². The molecule has 1 heterocycles. The number of hydrogen-bond donors (Lipinski definition) is 2. The third kappa shape index (κ3) is 3.85. The Morgan fingerprint density at radius 3 is 2.77 bits per heavy atom. The molecule has 0 saturated heterocycles. The third-order valence-corrected chi connectivity index (χ3v) is 4.06. The molecule has 0 radical (unpaired) electrons. The van der Waals surface area contributed by atoms with E-state index in [1.165, 1.54) is 25.7 Å². The van der Waals surface area contributed by atoms with E-state index in [9.17, 15) is 0 Å². The summed E-state index contributed by atoms with van der Waals surface area (Å²) in [6.07, 6.45) is 8.64. The van der Waals surface area contributed by atoms with Crippen LogP contribution in [0.4, 0.5) is 0 Å². The van der Waals surface area contributed by atoms with Crippen molar-refractivity contribution in [3.05, 3.63) is 54.4 Å². The van der Waals surface area contributed by atoms with Gasteiger partial charge in [0, 0.05) is 18.4 Å². The molecule has 114 valence electrons. The molecule has 0 amide bonds. The van der Waals surface area contributed by atoms with Crippen LogP contribution in [0.1, 0.15) is 31.2 Å². The van der Waals surface area contributed by atoms with E-state index in [1.54, 1.807) is 6.20 Å². The largest absolute Gasteiger partial charge is 0.370 e. The van der Waals surface area contributed by atoms with Gasteiger partial charge in [0.1, 0.15) is 0 Å². The highest BCUT2D eigenvalue weighted by Gasteiger charge is 2.14. The van der Waals surface area contributed by atoms with Crippen molar-refractivity contribution < 1.29 is 0 Å². The number of nitrogens with two attached hydrogens (primary N) is 1. The second-order valence-electron chi connectivity index (χ2n) is 5.77. The van der Waals surface area contributed by atoms with E-state index in [0.29, 0.717) is 18.5 Å². The van der Waals surface area contributed by atoms with Crippen molar-refractivity contribution in [2.45, 2.75) is 38.3 Å². The zero-order valence-electron chi connectivity index (χ0n) is 12.7. The van der Waals surface area contributed by atoms with Gasteiger partial charge < -0.3 is 11.1 Å². The Labute approximate surface area is 131 Å². The molecule has 4 heteroatoms. The van der Waals surface area contributed by atoms with Crippen LogP contribution in [0.2, 0.25) is 0 Å². The van der Waals surface area contributed by atoms with Gasteiger partial charge in [0.15, 0.2) is 5.96 Å². The van der Waals surface area contributed by atoms with Gasteiger partial charge in [0.05, 0.1) is 6.54 Å². The van der Waals surface area contributed by atoms with Gasteiger partial charge in [-0.3, -0.25) is 4.98 Å². The number of pyridine rings is 1. The summed E-state index contributed by atoms with van der Waals surface area (Å²) in [7, 11) is 0. The lowest BCUT2D eigenvalue weighted by Crippen LogP contribution is -2.38. The van der Waals surface area contributed by atoms with E-state index in [2.05, 4.69) is 39.6 Å². The fourth-order valence-corrected chi connectivity index (χ4v) is 2.88. The van der Waals surface area contributed by atoms with Crippen molar-refractivity contribution in [1.29, 1.82) is 0 Å². The quantitative estimate of drug-likeness (QED) is 0.673. The Balaban J connectivity index is 1.65. The first-order valence-corrected chi connectivity index (χ1v) is 7.87. The minimum atomic E-state index is 0.505. The molecular formula is C18H22N4. The third-order valence-electron chi connectivity index (χ3n) is 4.06. The second-order valence-corrected chi connectivity index (χ2v) is 5.77. The number of rotatable bonds is 4. The fourth-order valence-electron chi connectivity index (χ4n) is 2.88. The van der Waals surface area contributed by atoms with Crippen molar-refractivity contribution >= 4 is 5.96 Å². The highest BCUT2D eigenvalue weighted by Crippen LogP contribution is 2.20. The van der Waals surface area contributed by atoms with Gasteiger partial charge in [-0.05, 0) is 41.7 Å². The van der Waals surface area contributed by atoms with Crippen LogP contribution in [0.25, 0.3) is 11.1 Å². The van der Waals surface area contributed by atoms with Crippen molar-refractivity contribution in [1.82, 2.24) is 10.3 Å². The summed E-state index contributed by atoms with van der Waals surface area (Å²) in [6, 6.07) is 12.9. The van der Waals surface area contributed by atoms with Crippen LogP contribution < -0.4 is 11.1 Å². The monoisotopic (exact) mass is 294 g/mol. The summed E-state index contributed by atoms with van der Waals surface area (Å²) in [6.45, 7) is 0.597. The average molecular weight is 294 g/mol. The minimum Gasteiger partial charge on any atom is -0.370 e. The summed E-state index contributed by atoms with van der Waals surface area (Å²) in [4.78, 5) is 8.63. The molecule has 4 nitrogen and oxygen atoms in total. The molecule has 0 aliphatic heterocycles. The van der Waals surface area contributed by atoms with Crippen LogP contribution in [-0.2, 0) is 6.54 Å². The van der Waals surface area contributed by atoms with Gasteiger partial charge in [-0.2, -0.15) is 0 Å². The Hall–Kier alpha value is -2.36. The lowest BCUT2D eigenvalue weighted by molar-refractivity contribution is 0.625. The van der Waals surface area contributed by atoms with Crippen LogP contribution in [0.5, 0.6) is 0 Å². The molecule has 1 aromatic heterocycles. The molecule has 3 rings (SSSR count). The van der Waals surface area contributed by atoms with Crippen LogP contribution in [0, 0.1) is 0 Å². The van der Waals surface area contributed by atoms with E-state index in [-0.39, 0.29) is 0 Å². The van der Waals surface area contributed by atoms with Crippen LogP contribution >= 0.6 is 0 Å². The van der Waals surface area contributed by atoms with Crippen molar-refractivity contribution in [3.63, 3.8) is 0 Å². The Morgan fingerprint density at radius 1 is 1.18 bits per heavy atom. The van der Waals surface area contributed by atoms with Crippen molar-refractivity contribution in [3.8, 4) is 11.1 Å². The van der Waals surface area contributed by atoms with E-state index >= 15 is 0 Å². The van der Waals surface area contributed by atoms with Crippen molar-refractivity contribution in [2.75, 3.05) is 0 Å². The van der Waals surface area contributed by atoms with Crippen LogP contribution in [0.3, 0.4) is 0 Å². The average Bonchev–Trinajstić information content (AvgIpc) is 3.07. The van der Waals surface area contributed by atoms with E-state index in [4.69, 9.17) is 5.73 Å². The number of nitrogens with zero attached hydrogens (tertiary/aromatic N) is 2. The normalized spacial score (nSPS) is 15.9. The molecule has 0 bridgehead atoms. The number of aliphatic imine (C=N–C) groups is 1. The zero-order chi connectivity index (χ0) is 15.2. The SMILES string of the molecule is NC(=NCc1cccc(-c2cccnc2)c1)NC1CCCC1. The van der Waals surface area contributed by atoms with Gasteiger partial charge in [-0.15, -0.1) is 0 Å². The maximum absolute atomic E-state index is 5.98. The highest BCUT2D eigenvalue weighted by atomic mass is 15.1. The number of aromatic nitrogens is 1. The van der Waals surface area contributed by atoms with Gasteiger partial charge in [0.25, 0.3) is 0 Å². The second kappa shape index (κ2) is 7.07. The Bertz CT molecular complexity index is 631. The molecule has 1 aromatic carbocycles. The molecule has 1 aliphatic carbocycles. The molecule has 1 fully saturated rings. The first-order chi connectivity index (χ1) is 10.8. The van der Waals surface area contributed by atoms with Gasteiger partial charge in [-0.1, -0.05) is 37.1 Å². The number of nitrogens with one attached hydrogen (secondary N) is 1. The summed E-state index contributed by atoms with van der Waals surface area (Å²) >= 11 is 0. The van der Waals surface area contributed by atoms with Gasteiger partial charge >= 0.3 is 0 Å². The summed E-state index contributed by atoms with van der Waals surface area (Å²) in [5.41, 5.74) is 9.40. The molecule has 0 unspecified atom stereocenters. The first-order valence-electron chi connectivity index (χ1n) is 7.87. The molecule has 0 spiro atoms. The highest BCUT2D eigenvalue weighted by molar-refractivity contribution is 5.78. The molecule has 1 saturated carbocycles. The molecule has 22 heavy (non-hydrogen) atoms. The Morgan fingerprint density at radius 2 is 2.00 bits per heavy atom. The van der Waals surface area contributed by atoms with Gasteiger partial charge in [0.2, 0.25) is 0 Å². The fraction of sp³-hybridized carbons (Fsp3) is 0.333. The topological polar surface area (TPSA) is 63.3 Å². The molecule has 2 aromatic rings. The van der Waals surface area contributed by atoms with Gasteiger partial charge in [-0.25, -0.2) is 4.99 Å². The zero-order valence-corrected chi connectivity index (χ0v) is 12.7. The molecule has 3 N–H and O–H groups in total.